The third-order valence-corrected chi connectivity index (χ3v) is 3.95. The normalized spacial score (nSPS) is 13.9. The van der Waals surface area contributed by atoms with Gasteiger partial charge in [0.1, 0.15) is 5.01 Å². The van der Waals surface area contributed by atoms with Gasteiger partial charge in [-0.2, -0.15) is 0 Å². The molecule has 0 aliphatic heterocycles. The highest BCUT2D eigenvalue weighted by Gasteiger charge is 2.18. The molecule has 1 aromatic rings. The van der Waals surface area contributed by atoms with Crippen molar-refractivity contribution in [2.75, 3.05) is 7.05 Å². The third kappa shape index (κ3) is 4.63. The molecule has 1 aromatic heterocycles. The number of thiocarbonyl (C=S) groups is 1. The van der Waals surface area contributed by atoms with Crippen LogP contribution in [-0.4, -0.2) is 28.0 Å². The molecule has 1 rings (SSSR count). The van der Waals surface area contributed by atoms with Gasteiger partial charge in [0, 0.05) is 23.3 Å². The second-order valence-electron chi connectivity index (χ2n) is 5.81. The van der Waals surface area contributed by atoms with Crippen LogP contribution in [0.1, 0.15) is 44.8 Å². The summed E-state index contributed by atoms with van der Waals surface area (Å²) < 4.78 is 0. The first-order valence-corrected chi connectivity index (χ1v) is 7.42. The molecule has 5 heteroatoms. The molecule has 3 nitrogen and oxygen atoms in total. The van der Waals surface area contributed by atoms with Crippen molar-refractivity contribution in [2.24, 2.45) is 5.73 Å². The smallest absolute Gasteiger partial charge is 0.107 e. The fourth-order valence-electron chi connectivity index (χ4n) is 1.54. The van der Waals surface area contributed by atoms with E-state index in [1.807, 2.05) is 0 Å². The summed E-state index contributed by atoms with van der Waals surface area (Å²) >= 11 is 6.67. The van der Waals surface area contributed by atoms with Gasteiger partial charge >= 0.3 is 0 Å². The van der Waals surface area contributed by atoms with E-state index in [2.05, 4.69) is 45.0 Å². The maximum absolute atomic E-state index is 5.58. The Morgan fingerprint density at radius 3 is 2.61 bits per heavy atom. The van der Waals surface area contributed by atoms with Gasteiger partial charge in [-0.15, -0.1) is 11.3 Å². The average molecular weight is 285 g/mol. The number of hydrogen-bond donors (Lipinski definition) is 1. The van der Waals surface area contributed by atoms with E-state index in [0.29, 0.717) is 11.0 Å². The molecule has 2 N–H and O–H groups in total. The van der Waals surface area contributed by atoms with E-state index in [1.54, 1.807) is 11.3 Å². The van der Waals surface area contributed by atoms with Crippen LogP contribution >= 0.6 is 23.6 Å². The van der Waals surface area contributed by atoms with Crippen molar-refractivity contribution in [2.45, 2.75) is 52.1 Å². The number of nitrogens with zero attached hydrogens (tertiary/aromatic N) is 2. The summed E-state index contributed by atoms with van der Waals surface area (Å²) in [5.41, 5.74) is 6.86. The first-order valence-electron chi connectivity index (χ1n) is 6.13. The molecule has 102 valence electrons. The summed E-state index contributed by atoms with van der Waals surface area (Å²) in [6.45, 7) is 9.54. The highest BCUT2D eigenvalue weighted by molar-refractivity contribution is 7.80. The third-order valence-electron chi connectivity index (χ3n) is 2.95. The molecular weight excluding hydrogens is 262 g/mol. The predicted octanol–water partition coefficient (Wildman–Crippen LogP) is 2.94. The van der Waals surface area contributed by atoms with Crippen LogP contribution in [-0.2, 0) is 12.0 Å². The monoisotopic (exact) mass is 285 g/mol. The van der Waals surface area contributed by atoms with Gasteiger partial charge in [-0.1, -0.05) is 33.0 Å². The molecule has 0 bridgehead atoms. The lowest BCUT2D eigenvalue weighted by molar-refractivity contribution is 0.254. The maximum atomic E-state index is 5.58. The molecule has 1 unspecified atom stereocenters. The molecular formula is C13H23N3S2. The molecule has 0 spiro atoms. The second kappa shape index (κ2) is 6.08. The molecule has 1 heterocycles. The SMILES string of the molecule is CC(CC(N)=S)N(C)Cc1nc(C(C)(C)C)cs1. The Morgan fingerprint density at radius 1 is 1.56 bits per heavy atom. The first kappa shape index (κ1) is 15.5. The van der Waals surface area contributed by atoms with Crippen molar-refractivity contribution in [1.82, 2.24) is 9.88 Å². The Morgan fingerprint density at radius 2 is 2.17 bits per heavy atom. The van der Waals surface area contributed by atoms with Gasteiger partial charge in [0.25, 0.3) is 0 Å². The summed E-state index contributed by atoms with van der Waals surface area (Å²) in [6.07, 6.45) is 0.753. The van der Waals surface area contributed by atoms with Gasteiger partial charge in [0.05, 0.1) is 17.2 Å². The average Bonchev–Trinajstić information content (AvgIpc) is 2.64. The highest BCUT2D eigenvalue weighted by Crippen LogP contribution is 2.24. The molecule has 0 aliphatic carbocycles. The van der Waals surface area contributed by atoms with Gasteiger partial charge < -0.3 is 5.73 Å². The summed E-state index contributed by atoms with van der Waals surface area (Å²) in [5, 5.41) is 3.30. The quantitative estimate of drug-likeness (QED) is 0.845. The molecule has 0 fully saturated rings. The number of thiazole rings is 1. The fourth-order valence-corrected chi connectivity index (χ4v) is 2.87. The van der Waals surface area contributed by atoms with Crippen molar-refractivity contribution in [3.63, 3.8) is 0 Å². The van der Waals surface area contributed by atoms with Crippen molar-refractivity contribution in [3.8, 4) is 0 Å². The van der Waals surface area contributed by atoms with E-state index in [0.717, 1.165) is 23.7 Å². The highest BCUT2D eigenvalue weighted by atomic mass is 32.1. The number of aromatic nitrogens is 1. The lowest BCUT2D eigenvalue weighted by Crippen LogP contribution is -2.32. The Bertz CT molecular complexity index is 407. The van der Waals surface area contributed by atoms with Crippen molar-refractivity contribution < 1.29 is 0 Å². The van der Waals surface area contributed by atoms with Crippen LogP contribution in [0.5, 0.6) is 0 Å². The molecule has 0 radical (unpaired) electrons. The molecule has 1 atom stereocenters. The summed E-state index contributed by atoms with van der Waals surface area (Å²) in [6, 6.07) is 0.351. The first-order chi connectivity index (χ1) is 8.20. The van der Waals surface area contributed by atoms with Crippen LogP contribution in [0.4, 0.5) is 0 Å². The maximum Gasteiger partial charge on any atom is 0.107 e. The van der Waals surface area contributed by atoms with Gasteiger partial charge in [-0.3, -0.25) is 4.90 Å². The Balaban J connectivity index is 2.62. The van der Waals surface area contributed by atoms with Crippen LogP contribution in [0.2, 0.25) is 0 Å². The standard InChI is InChI=1S/C13H23N3S2/c1-9(6-11(14)17)16(5)7-12-15-10(8-18-12)13(2,3)4/h8-9H,6-7H2,1-5H3,(H2,14,17). The van der Waals surface area contributed by atoms with Crippen molar-refractivity contribution in [3.05, 3.63) is 16.1 Å². The Hall–Kier alpha value is -0.520. The van der Waals surface area contributed by atoms with E-state index in [-0.39, 0.29) is 5.41 Å². The molecule has 18 heavy (non-hydrogen) atoms. The largest absolute Gasteiger partial charge is 0.393 e. The van der Waals surface area contributed by atoms with Crippen molar-refractivity contribution >= 4 is 28.5 Å². The van der Waals surface area contributed by atoms with Gasteiger partial charge in [0.15, 0.2) is 0 Å². The number of nitrogens with two attached hydrogens (primary N) is 1. The van der Waals surface area contributed by atoms with Crippen LogP contribution in [0.25, 0.3) is 0 Å². The minimum Gasteiger partial charge on any atom is -0.393 e. The van der Waals surface area contributed by atoms with Crippen LogP contribution in [0, 0.1) is 0 Å². The molecule has 0 saturated carbocycles. The fraction of sp³-hybridized carbons (Fsp3) is 0.692. The van der Waals surface area contributed by atoms with E-state index in [1.165, 1.54) is 0 Å². The summed E-state index contributed by atoms with van der Waals surface area (Å²) in [4.78, 5) is 7.51. The summed E-state index contributed by atoms with van der Waals surface area (Å²) in [5.74, 6) is 0. The number of hydrogen-bond acceptors (Lipinski definition) is 4. The van der Waals surface area contributed by atoms with Gasteiger partial charge in [-0.25, -0.2) is 4.98 Å². The van der Waals surface area contributed by atoms with E-state index < -0.39 is 0 Å². The Labute approximate surface area is 119 Å². The Kier molecular flexibility index (Phi) is 5.25. The van der Waals surface area contributed by atoms with E-state index in [4.69, 9.17) is 22.9 Å². The zero-order valence-electron chi connectivity index (χ0n) is 11.9. The second-order valence-corrected chi connectivity index (χ2v) is 7.28. The minimum atomic E-state index is 0.123. The lowest BCUT2D eigenvalue weighted by atomic mass is 9.93. The van der Waals surface area contributed by atoms with Crippen LogP contribution < -0.4 is 5.73 Å². The van der Waals surface area contributed by atoms with E-state index in [9.17, 15) is 0 Å². The van der Waals surface area contributed by atoms with Gasteiger partial charge in [-0.05, 0) is 14.0 Å². The molecule has 0 saturated heterocycles. The zero-order chi connectivity index (χ0) is 13.9. The van der Waals surface area contributed by atoms with E-state index >= 15 is 0 Å². The number of rotatable bonds is 5. The lowest BCUT2D eigenvalue weighted by Gasteiger charge is -2.23. The molecule has 0 aromatic carbocycles. The predicted molar refractivity (Wildman–Crippen MR) is 83.1 cm³/mol. The summed E-state index contributed by atoms with van der Waals surface area (Å²) in [7, 11) is 2.08. The van der Waals surface area contributed by atoms with Crippen molar-refractivity contribution in [1.29, 1.82) is 0 Å². The topological polar surface area (TPSA) is 42.1 Å². The zero-order valence-corrected chi connectivity index (χ0v) is 13.5. The minimum absolute atomic E-state index is 0.123. The van der Waals surface area contributed by atoms with Gasteiger partial charge in [0.2, 0.25) is 0 Å². The van der Waals surface area contributed by atoms with Crippen LogP contribution in [0.15, 0.2) is 5.38 Å². The molecule has 0 aliphatic rings. The van der Waals surface area contributed by atoms with Crippen LogP contribution in [0.3, 0.4) is 0 Å². The molecule has 0 amide bonds.